The summed E-state index contributed by atoms with van der Waals surface area (Å²) in [4.78, 5) is 134. The predicted molar refractivity (Wildman–Crippen MR) is 308 cm³/mol. The lowest BCUT2D eigenvalue weighted by Gasteiger charge is -2.34. The van der Waals surface area contributed by atoms with E-state index in [4.69, 9.17) is 20.2 Å². The van der Waals surface area contributed by atoms with E-state index in [1.165, 1.54) is 18.2 Å². The number of halogens is 1. The summed E-state index contributed by atoms with van der Waals surface area (Å²) in [5, 5.41) is 19.9. The van der Waals surface area contributed by atoms with Gasteiger partial charge in [0, 0.05) is 92.5 Å². The molecule has 3 heterocycles. The van der Waals surface area contributed by atoms with Gasteiger partial charge in [0.05, 0.1) is 30.3 Å². The van der Waals surface area contributed by atoms with E-state index >= 15 is 4.39 Å². The molecule has 2 bridgehead atoms. The number of imide groups is 1. The molecule has 0 saturated carbocycles. The number of fused-ring (bicyclic) bond motifs is 6. The Morgan fingerprint density at radius 3 is 2.29 bits per heavy atom. The Bertz CT molecular complexity index is 3260. The number of benzene rings is 2. The highest BCUT2D eigenvalue weighted by molar-refractivity contribution is 6.13. The van der Waals surface area contributed by atoms with Gasteiger partial charge in [0.15, 0.2) is 23.0 Å². The Labute approximate surface area is 487 Å². The van der Waals surface area contributed by atoms with Crippen LogP contribution >= 0.6 is 0 Å². The van der Waals surface area contributed by atoms with Gasteiger partial charge >= 0.3 is 5.97 Å². The van der Waals surface area contributed by atoms with Gasteiger partial charge < -0.3 is 36.3 Å². The van der Waals surface area contributed by atoms with E-state index in [1.54, 1.807) is 19.9 Å². The van der Waals surface area contributed by atoms with Gasteiger partial charge in [-0.3, -0.25) is 48.1 Å². The third-order valence-electron chi connectivity index (χ3n) is 16.8. The fourth-order valence-electron chi connectivity index (χ4n) is 11.9. The number of carbonyl (C=O) groups excluding carboxylic acids is 10. The summed E-state index contributed by atoms with van der Waals surface area (Å²) in [5.41, 5.74) is 12.0. The van der Waals surface area contributed by atoms with Crippen LogP contribution in [0.25, 0.3) is 22.0 Å². The Kier molecular flexibility index (Phi) is 21.0. The molecule has 19 nitrogen and oxygen atoms in total. The first-order chi connectivity index (χ1) is 40.3. The number of ketones is 4. The number of rotatable bonds is 29. The van der Waals surface area contributed by atoms with Crippen molar-refractivity contribution >= 4 is 80.7 Å². The first kappa shape index (κ1) is 62.4. The summed E-state index contributed by atoms with van der Waals surface area (Å²) < 4.78 is 27.4. The topological polar surface area (TPSA) is 288 Å². The van der Waals surface area contributed by atoms with Crippen molar-refractivity contribution < 1.29 is 66.9 Å². The number of nitrogens with two attached hydrogens (primary N) is 1. The molecule has 2 aliphatic heterocycles. The number of allylic oxidation sites excluding steroid dienone is 3. The summed E-state index contributed by atoms with van der Waals surface area (Å²) in [6.45, 7) is 4.63. The van der Waals surface area contributed by atoms with Crippen molar-refractivity contribution in [2.45, 2.75) is 154 Å². The van der Waals surface area contributed by atoms with Crippen LogP contribution in [-0.2, 0) is 70.3 Å². The summed E-state index contributed by atoms with van der Waals surface area (Å²) in [6, 6.07) is 9.63. The van der Waals surface area contributed by atoms with E-state index in [0.717, 1.165) is 43.7 Å². The lowest BCUT2D eigenvalue weighted by molar-refractivity contribution is -0.163. The van der Waals surface area contributed by atoms with Crippen LogP contribution in [0.2, 0.25) is 0 Å². The molecule has 0 saturated heterocycles. The molecule has 84 heavy (non-hydrogen) atoms. The molecule has 446 valence electrons. The van der Waals surface area contributed by atoms with Gasteiger partial charge in [-0.15, -0.1) is 0 Å². The van der Waals surface area contributed by atoms with Gasteiger partial charge in [-0.1, -0.05) is 49.2 Å². The molecule has 4 atom stereocenters. The molecule has 1 unspecified atom stereocenters. The number of ether oxygens (including phenoxy) is 2. The smallest absolute Gasteiger partial charge is 0.343 e. The first-order valence-electron chi connectivity index (χ1n) is 29.3. The Hall–Kier alpha value is -7.68. The number of nitrogens with one attached hydrogen (secondary N) is 3. The van der Waals surface area contributed by atoms with E-state index < -0.39 is 48.0 Å². The van der Waals surface area contributed by atoms with E-state index in [2.05, 4.69) is 16.0 Å². The standard InChI is InChI=1S/C64H75FN6O13/c1-4-64(82)47-31-40-21-22-41(61(80)46(47)36-84-63(64)81)30-45-58-43(23-24-44-38(3)48(65)32-49(59(44)58)70-60(40)45)37(2)20-25-52(74)62(39-14-7-5-8-15-39)83-29-13-17-42(72)16-10-11-18-51(73)50(33-66)69-55(77)35-68-54(76)34-67-53(75)19-9-6-12-28-71-56(78)26-27-57(71)79/h5,7-8,14-15,26-27,31-32,41,50,62,82H,4,6,9-13,16-25,28-30,33-36,66H2,1-3H3,(H,67,75)(H,68,76)(H,69,77)/b40-31+,43-37+/t41?,50-,62+,64-/m0/s1. The molecule has 8 rings (SSSR count). The minimum absolute atomic E-state index is 0.00414. The van der Waals surface area contributed by atoms with Crippen LogP contribution in [0.4, 0.5) is 4.39 Å². The normalized spacial score (nSPS) is 20.0. The van der Waals surface area contributed by atoms with Gasteiger partial charge in [0.2, 0.25) is 17.7 Å². The zero-order chi connectivity index (χ0) is 60.2. The monoisotopic (exact) mass is 1150 g/mol. The quantitative estimate of drug-likeness (QED) is 0.0300. The number of aryl methyl sites for hydroxylation is 1. The number of unbranched alkanes of at least 4 members (excludes halogenated alkanes) is 3. The van der Waals surface area contributed by atoms with Crippen molar-refractivity contribution in [1.29, 1.82) is 0 Å². The highest BCUT2D eigenvalue weighted by Crippen LogP contribution is 2.49. The van der Waals surface area contributed by atoms with Gasteiger partial charge in [0.1, 0.15) is 24.3 Å². The summed E-state index contributed by atoms with van der Waals surface area (Å²) in [5.74, 6) is -4.69. The fraction of sp³-hybridized carbons (Fsp3) is 0.484. The molecule has 2 aromatic carbocycles. The largest absolute Gasteiger partial charge is 0.458 e. The number of hydrogen-bond acceptors (Lipinski definition) is 15. The number of Topliss-reactive ketones (excluding diaryl/α,β-unsaturated/α-hetero) is 4. The Morgan fingerprint density at radius 1 is 0.845 bits per heavy atom. The van der Waals surface area contributed by atoms with Gasteiger partial charge in [-0.2, -0.15) is 0 Å². The molecule has 0 spiro atoms. The summed E-state index contributed by atoms with van der Waals surface area (Å²) in [6.07, 6.45) is 9.60. The van der Waals surface area contributed by atoms with Crippen molar-refractivity contribution in [3.05, 3.63) is 111 Å². The molecule has 3 aromatic rings. The van der Waals surface area contributed by atoms with Crippen LogP contribution in [0.15, 0.2) is 71.3 Å². The number of pyridine rings is 1. The van der Waals surface area contributed by atoms with Crippen molar-refractivity contribution in [1.82, 2.24) is 25.8 Å². The molecule has 6 N–H and O–H groups in total. The zero-order valence-electron chi connectivity index (χ0n) is 48.1. The lowest BCUT2D eigenvalue weighted by atomic mass is 9.77. The maximum atomic E-state index is 15.7. The SMILES string of the molecule is CC[C@@]1(O)C(=O)OCC2=C1/C=C1\CCC(Cc3c1nc1cc(F)c(C)c4c1c3/C(=C(\C)CCC(=O)[C@H](OCCCC(=O)CCCCC(=O)[C@H](CN)NC(=O)CNC(=O)CNC(=O)CCCCCN1C(=O)C=CC1=O)c1ccccc1)CC4)C2=O. The van der Waals surface area contributed by atoms with Gasteiger partial charge in [0.25, 0.3) is 11.8 Å². The number of carbonyl (C=O) groups is 10. The van der Waals surface area contributed by atoms with E-state index in [9.17, 15) is 53.1 Å². The number of esters is 1. The first-order valence-corrected chi connectivity index (χ1v) is 29.3. The average molecular weight is 1160 g/mol. The van der Waals surface area contributed by atoms with Crippen LogP contribution < -0.4 is 21.7 Å². The Balaban J connectivity index is 0.804. The minimum atomic E-state index is -2.01. The number of cyclic esters (lactones) is 1. The summed E-state index contributed by atoms with van der Waals surface area (Å²) in [7, 11) is 0. The second-order valence-corrected chi connectivity index (χ2v) is 22.4. The maximum absolute atomic E-state index is 15.7. The number of aliphatic hydroxyl groups is 1. The van der Waals surface area contributed by atoms with Crippen LogP contribution in [0.5, 0.6) is 0 Å². The molecule has 20 heteroatoms. The second-order valence-electron chi connectivity index (χ2n) is 22.4. The van der Waals surface area contributed by atoms with Crippen molar-refractivity contribution in [2.75, 3.05) is 39.4 Å². The van der Waals surface area contributed by atoms with Crippen LogP contribution in [-0.4, -0.2) is 125 Å². The lowest BCUT2D eigenvalue weighted by Crippen LogP contribution is -2.49. The number of nitrogens with zero attached hydrogens (tertiary/aromatic N) is 2. The van der Waals surface area contributed by atoms with Crippen LogP contribution in [0, 0.1) is 18.7 Å². The molecule has 5 aliphatic rings. The fourth-order valence-corrected chi connectivity index (χ4v) is 11.9. The molecular formula is C64H75FN6O13. The molecule has 0 fully saturated rings. The van der Waals surface area contributed by atoms with E-state index in [-0.39, 0.29) is 129 Å². The van der Waals surface area contributed by atoms with Gasteiger partial charge in [-0.05, 0) is 136 Å². The molecule has 5 amide bonds. The van der Waals surface area contributed by atoms with Crippen LogP contribution in [0.3, 0.4) is 0 Å². The molecule has 3 aliphatic carbocycles. The maximum Gasteiger partial charge on any atom is 0.343 e. The van der Waals surface area contributed by atoms with Crippen molar-refractivity contribution in [3.8, 4) is 0 Å². The third-order valence-corrected chi connectivity index (χ3v) is 16.8. The van der Waals surface area contributed by atoms with Crippen LogP contribution in [0.1, 0.15) is 156 Å². The highest BCUT2D eigenvalue weighted by atomic mass is 19.1. The number of amides is 5. The number of aromatic nitrogens is 1. The second kappa shape index (κ2) is 28.3. The van der Waals surface area contributed by atoms with Gasteiger partial charge in [-0.25, -0.2) is 14.2 Å². The van der Waals surface area contributed by atoms with E-state index in [0.29, 0.717) is 99.4 Å². The molecular weight excluding hydrogens is 1080 g/mol. The molecule has 0 radical (unpaired) electrons. The third kappa shape index (κ3) is 14.4. The highest BCUT2D eigenvalue weighted by Gasteiger charge is 2.48. The predicted octanol–water partition coefficient (Wildman–Crippen LogP) is 6.06. The number of hydrogen-bond donors (Lipinski definition) is 5. The summed E-state index contributed by atoms with van der Waals surface area (Å²) >= 11 is 0. The minimum Gasteiger partial charge on any atom is -0.458 e. The zero-order valence-corrected chi connectivity index (χ0v) is 48.1. The van der Waals surface area contributed by atoms with E-state index in [1.807, 2.05) is 37.3 Å². The van der Waals surface area contributed by atoms with Crippen molar-refractivity contribution in [2.24, 2.45) is 11.7 Å². The molecule has 1 aromatic heterocycles. The Morgan fingerprint density at radius 2 is 1.55 bits per heavy atom. The average Bonchev–Trinajstić information content (AvgIpc) is 1.25. The van der Waals surface area contributed by atoms with Crippen molar-refractivity contribution in [3.63, 3.8) is 0 Å².